The highest BCUT2D eigenvalue weighted by atomic mass is 14.9. The van der Waals surface area contributed by atoms with Crippen molar-refractivity contribution in [2.24, 2.45) is 11.3 Å². The van der Waals surface area contributed by atoms with Crippen LogP contribution in [0, 0.1) is 18.3 Å². The van der Waals surface area contributed by atoms with Crippen molar-refractivity contribution < 1.29 is 0 Å². The van der Waals surface area contributed by atoms with Gasteiger partial charge in [0.1, 0.15) is 0 Å². The number of aryl methyl sites for hydroxylation is 1. The largest absolute Gasteiger partial charge is 0.385 e. The molecule has 1 atom stereocenters. The molecule has 1 N–H and O–H groups in total. The van der Waals surface area contributed by atoms with Crippen LogP contribution in [0.1, 0.15) is 26.0 Å². The molecule has 0 aliphatic heterocycles. The lowest BCUT2D eigenvalue weighted by atomic mass is 10.1. The van der Waals surface area contributed by atoms with E-state index in [4.69, 9.17) is 0 Å². The maximum absolute atomic E-state index is 4.17. The molecule has 1 saturated carbocycles. The third-order valence-electron chi connectivity index (χ3n) is 3.17. The maximum Gasteiger partial charge on any atom is 0.0393 e. The summed E-state index contributed by atoms with van der Waals surface area (Å²) >= 11 is 0. The molecule has 1 aromatic rings. The zero-order valence-corrected chi connectivity index (χ0v) is 9.17. The Bertz CT molecular complexity index is 331. The lowest BCUT2D eigenvalue weighted by Gasteiger charge is -2.07. The van der Waals surface area contributed by atoms with Gasteiger partial charge in [-0.05, 0) is 36.8 Å². The minimum atomic E-state index is 0.565. The molecule has 0 bridgehead atoms. The van der Waals surface area contributed by atoms with Gasteiger partial charge in [0.25, 0.3) is 0 Å². The van der Waals surface area contributed by atoms with Crippen LogP contribution in [0.4, 0.5) is 5.69 Å². The number of rotatable bonds is 3. The maximum atomic E-state index is 4.17. The molecule has 0 radical (unpaired) electrons. The number of anilines is 1. The second-order valence-electron chi connectivity index (χ2n) is 4.96. The summed E-state index contributed by atoms with van der Waals surface area (Å²) < 4.78 is 0. The Morgan fingerprint density at radius 1 is 1.57 bits per heavy atom. The zero-order valence-electron chi connectivity index (χ0n) is 9.17. The fourth-order valence-corrected chi connectivity index (χ4v) is 1.82. The van der Waals surface area contributed by atoms with Gasteiger partial charge in [-0.2, -0.15) is 0 Å². The number of hydrogen-bond donors (Lipinski definition) is 1. The molecule has 0 aromatic carbocycles. The average molecular weight is 190 g/mol. The van der Waals surface area contributed by atoms with Gasteiger partial charge < -0.3 is 5.32 Å². The van der Waals surface area contributed by atoms with Gasteiger partial charge in [-0.1, -0.05) is 13.8 Å². The van der Waals surface area contributed by atoms with E-state index in [2.05, 4.69) is 30.2 Å². The van der Waals surface area contributed by atoms with E-state index in [9.17, 15) is 0 Å². The van der Waals surface area contributed by atoms with Crippen molar-refractivity contribution in [2.45, 2.75) is 27.2 Å². The quantitative estimate of drug-likeness (QED) is 0.792. The lowest BCUT2D eigenvalue weighted by molar-refractivity contribution is 0.573. The van der Waals surface area contributed by atoms with Crippen LogP contribution in [0.2, 0.25) is 0 Å². The first-order valence-electron chi connectivity index (χ1n) is 5.24. The zero-order chi connectivity index (χ0) is 10.2. The summed E-state index contributed by atoms with van der Waals surface area (Å²) in [6, 6.07) is 4.12. The van der Waals surface area contributed by atoms with Crippen molar-refractivity contribution in [3.05, 3.63) is 24.0 Å². The monoisotopic (exact) mass is 190 g/mol. The van der Waals surface area contributed by atoms with E-state index in [0.29, 0.717) is 5.41 Å². The highest BCUT2D eigenvalue weighted by Gasteiger charge is 2.44. The van der Waals surface area contributed by atoms with Crippen LogP contribution in [0.5, 0.6) is 0 Å². The van der Waals surface area contributed by atoms with E-state index < -0.39 is 0 Å². The molecule has 1 aliphatic carbocycles. The van der Waals surface area contributed by atoms with E-state index in [0.717, 1.165) is 18.2 Å². The first-order valence-corrected chi connectivity index (χ1v) is 5.24. The Hall–Kier alpha value is -1.05. The first-order chi connectivity index (χ1) is 6.58. The van der Waals surface area contributed by atoms with Crippen molar-refractivity contribution in [3.63, 3.8) is 0 Å². The number of aromatic nitrogens is 1. The van der Waals surface area contributed by atoms with Crippen LogP contribution in [0.15, 0.2) is 18.3 Å². The molecular weight excluding hydrogens is 172 g/mol. The van der Waals surface area contributed by atoms with Gasteiger partial charge in [-0.25, -0.2) is 0 Å². The molecular formula is C12H18N2. The van der Waals surface area contributed by atoms with Crippen LogP contribution in [-0.4, -0.2) is 11.5 Å². The Balaban J connectivity index is 1.87. The van der Waals surface area contributed by atoms with E-state index in [1.54, 1.807) is 0 Å². The topological polar surface area (TPSA) is 24.9 Å². The first kappa shape index (κ1) is 9.50. The van der Waals surface area contributed by atoms with Crippen molar-refractivity contribution in [2.75, 3.05) is 11.9 Å². The molecule has 14 heavy (non-hydrogen) atoms. The predicted molar refractivity (Wildman–Crippen MR) is 59.4 cm³/mol. The molecule has 0 saturated heterocycles. The number of nitrogens with zero attached hydrogens (tertiary/aromatic N) is 1. The standard InChI is InChI=1S/C12H18N2/c1-9-6-11(4-5-13-9)14-8-10-7-12(10,2)3/h4-6,10H,7-8H2,1-3H3,(H,13,14). The molecule has 2 nitrogen and oxygen atoms in total. The number of pyridine rings is 1. The number of hydrogen-bond acceptors (Lipinski definition) is 2. The summed E-state index contributed by atoms with van der Waals surface area (Å²) in [5.41, 5.74) is 2.83. The van der Waals surface area contributed by atoms with Crippen molar-refractivity contribution in [1.29, 1.82) is 0 Å². The van der Waals surface area contributed by atoms with E-state index in [1.165, 1.54) is 12.1 Å². The van der Waals surface area contributed by atoms with E-state index in [-0.39, 0.29) is 0 Å². The van der Waals surface area contributed by atoms with Crippen LogP contribution in [-0.2, 0) is 0 Å². The van der Waals surface area contributed by atoms with Crippen LogP contribution in [0.3, 0.4) is 0 Å². The Morgan fingerprint density at radius 3 is 2.86 bits per heavy atom. The minimum Gasteiger partial charge on any atom is -0.385 e. The van der Waals surface area contributed by atoms with Gasteiger partial charge in [0.05, 0.1) is 0 Å². The third kappa shape index (κ3) is 2.06. The van der Waals surface area contributed by atoms with Gasteiger partial charge in [0, 0.05) is 24.1 Å². The molecule has 1 aromatic heterocycles. The van der Waals surface area contributed by atoms with Gasteiger partial charge in [0.15, 0.2) is 0 Å². The summed E-state index contributed by atoms with van der Waals surface area (Å²) in [6.45, 7) is 7.77. The van der Waals surface area contributed by atoms with Crippen molar-refractivity contribution in [1.82, 2.24) is 4.98 Å². The second-order valence-corrected chi connectivity index (χ2v) is 4.96. The van der Waals surface area contributed by atoms with Gasteiger partial charge in [-0.3, -0.25) is 4.98 Å². The lowest BCUT2D eigenvalue weighted by Crippen LogP contribution is -2.07. The molecule has 1 aliphatic rings. The normalized spacial score (nSPS) is 23.2. The summed E-state index contributed by atoms with van der Waals surface area (Å²) in [5, 5.41) is 3.46. The van der Waals surface area contributed by atoms with Crippen molar-refractivity contribution >= 4 is 5.69 Å². The summed E-state index contributed by atoms with van der Waals surface area (Å²) in [5.74, 6) is 0.843. The summed E-state index contributed by atoms with van der Waals surface area (Å²) in [4.78, 5) is 4.17. The molecule has 2 heteroatoms. The van der Waals surface area contributed by atoms with Gasteiger partial charge in [-0.15, -0.1) is 0 Å². The molecule has 1 fully saturated rings. The molecule has 0 amide bonds. The molecule has 0 spiro atoms. The second kappa shape index (κ2) is 3.26. The molecule has 1 unspecified atom stereocenters. The fraction of sp³-hybridized carbons (Fsp3) is 0.583. The van der Waals surface area contributed by atoms with Crippen LogP contribution < -0.4 is 5.32 Å². The molecule has 2 rings (SSSR count). The fourth-order valence-electron chi connectivity index (χ4n) is 1.82. The van der Waals surface area contributed by atoms with Gasteiger partial charge >= 0.3 is 0 Å². The van der Waals surface area contributed by atoms with Crippen LogP contribution in [0.25, 0.3) is 0 Å². The predicted octanol–water partition coefficient (Wildman–Crippen LogP) is 2.85. The Labute approximate surface area is 85.7 Å². The molecule has 76 valence electrons. The highest BCUT2D eigenvalue weighted by Crippen LogP contribution is 2.51. The van der Waals surface area contributed by atoms with Crippen molar-refractivity contribution in [3.8, 4) is 0 Å². The molecule has 1 heterocycles. The van der Waals surface area contributed by atoms with E-state index >= 15 is 0 Å². The average Bonchev–Trinajstić information content (AvgIpc) is 2.71. The van der Waals surface area contributed by atoms with Crippen LogP contribution >= 0.6 is 0 Å². The highest BCUT2D eigenvalue weighted by molar-refractivity contribution is 5.43. The van der Waals surface area contributed by atoms with Gasteiger partial charge in [0.2, 0.25) is 0 Å². The summed E-state index contributed by atoms with van der Waals surface area (Å²) in [7, 11) is 0. The summed E-state index contributed by atoms with van der Waals surface area (Å²) in [6.07, 6.45) is 3.21. The third-order valence-corrected chi connectivity index (χ3v) is 3.17. The Kier molecular flexibility index (Phi) is 2.22. The smallest absolute Gasteiger partial charge is 0.0393 e. The SMILES string of the molecule is Cc1cc(NCC2CC2(C)C)ccn1. The Morgan fingerprint density at radius 2 is 2.29 bits per heavy atom. The number of nitrogens with one attached hydrogen (secondary N) is 1. The minimum absolute atomic E-state index is 0.565. The van der Waals surface area contributed by atoms with E-state index in [1.807, 2.05) is 19.2 Å².